The van der Waals surface area contributed by atoms with Crippen LogP contribution in [-0.2, 0) is 0 Å². The van der Waals surface area contributed by atoms with Gasteiger partial charge < -0.3 is 5.73 Å². The van der Waals surface area contributed by atoms with E-state index < -0.39 is 11.6 Å². The van der Waals surface area contributed by atoms with Crippen LogP contribution < -0.4 is 5.73 Å². The van der Waals surface area contributed by atoms with Crippen LogP contribution in [-0.4, -0.2) is 15.0 Å². The second-order valence-corrected chi connectivity index (χ2v) is 5.96. The third-order valence-corrected chi connectivity index (χ3v) is 4.25. The third-order valence-electron chi connectivity index (χ3n) is 4.25. The monoisotopic (exact) mass is 348 g/mol. The van der Waals surface area contributed by atoms with E-state index in [-0.39, 0.29) is 0 Å². The number of hydrogen-bond donors (Lipinski definition) is 1. The van der Waals surface area contributed by atoms with Crippen molar-refractivity contribution in [2.45, 2.75) is 6.92 Å². The van der Waals surface area contributed by atoms with Crippen molar-refractivity contribution < 1.29 is 8.78 Å². The maximum atomic E-state index is 13.6. The van der Waals surface area contributed by atoms with Crippen molar-refractivity contribution in [2.24, 2.45) is 0 Å². The number of fused-ring (bicyclic) bond motifs is 1. The maximum absolute atomic E-state index is 13.6. The lowest BCUT2D eigenvalue weighted by Crippen LogP contribution is -2.00. The largest absolute Gasteiger partial charge is 0.383 e. The minimum absolute atomic E-state index is 0.310. The number of halogens is 2. The van der Waals surface area contributed by atoms with Gasteiger partial charge in [-0.2, -0.15) is 0 Å². The predicted molar refractivity (Wildman–Crippen MR) is 97.3 cm³/mol. The summed E-state index contributed by atoms with van der Waals surface area (Å²) < 4.78 is 27.2. The van der Waals surface area contributed by atoms with Gasteiger partial charge in [-0.3, -0.25) is 4.98 Å². The Morgan fingerprint density at radius 3 is 2.38 bits per heavy atom. The fraction of sp³-hybridized carbons (Fsp3) is 0.0500. The topological polar surface area (TPSA) is 64.7 Å². The summed E-state index contributed by atoms with van der Waals surface area (Å²) in [6, 6.07) is 10.6. The van der Waals surface area contributed by atoms with E-state index in [1.807, 2.05) is 13.0 Å². The molecule has 4 nitrogen and oxygen atoms in total. The zero-order valence-electron chi connectivity index (χ0n) is 13.9. The lowest BCUT2D eigenvalue weighted by molar-refractivity contribution is 0.584. The van der Waals surface area contributed by atoms with Crippen LogP contribution in [0.3, 0.4) is 0 Å². The highest BCUT2D eigenvalue weighted by molar-refractivity contribution is 5.96. The van der Waals surface area contributed by atoms with Gasteiger partial charge >= 0.3 is 0 Å². The predicted octanol–water partition coefficient (Wildman–Crippen LogP) is 4.53. The van der Waals surface area contributed by atoms with Gasteiger partial charge in [-0.25, -0.2) is 18.7 Å². The van der Waals surface area contributed by atoms with E-state index in [1.54, 1.807) is 30.6 Å². The first-order valence-electron chi connectivity index (χ1n) is 7.96. The second-order valence-electron chi connectivity index (χ2n) is 5.96. The molecule has 0 aliphatic heterocycles. The smallest absolute Gasteiger partial charge is 0.163 e. The maximum Gasteiger partial charge on any atom is 0.163 e. The van der Waals surface area contributed by atoms with Crippen molar-refractivity contribution in [3.05, 3.63) is 72.1 Å². The van der Waals surface area contributed by atoms with Gasteiger partial charge in [-0.15, -0.1) is 0 Å². The highest BCUT2D eigenvalue weighted by atomic mass is 19.1. The summed E-state index contributed by atoms with van der Waals surface area (Å²) in [5, 5.41) is 0.666. The number of hydrogen-bond acceptors (Lipinski definition) is 4. The molecule has 0 aliphatic carbocycles. The quantitative estimate of drug-likeness (QED) is 0.578. The molecule has 0 saturated carbocycles. The van der Waals surface area contributed by atoms with Gasteiger partial charge in [-0.05, 0) is 53.9 Å². The molecule has 0 fully saturated rings. The van der Waals surface area contributed by atoms with Crippen LogP contribution in [0.5, 0.6) is 0 Å². The molecule has 4 aromatic rings. The van der Waals surface area contributed by atoms with Gasteiger partial charge in [0.1, 0.15) is 17.5 Å². The Hall–Kier alpha value is -3.41. The highest BCUT2D eigenvalue weighted by Gasteiger charge is 2.14. The summed E-state index contributed by atoms with van der Waals surface area (Å²) in [6.45, 7) is 1.84. The fourth-order valence-corrected chi connectivity index (χ4v) is 3.07. The summed E-state index contributed by atoms with van der Waals surface area (Å²) in [4.78, 5) is 13.0. The van der Waals surface area contributed by atoms with Gasteiger partial charge in [0.15, 0.2) is 5.82 Å². The number of benzene rings is 2. The number of pyridine rings is 1. The molecule has 0 unspecified atom stereocenters. The molecule has 0 radical (unpaired) electrons. The molecule has 26 heavy (non-hydrogen) atoms. The molecule has 0 bridgehead atoms. The molecule has 2 heterocycles. The summed E-state index contributed by atoms with van der Waals surface area (Å²) in [5.41, 5.74) is 9.49. The van der Waals surface area contributed by atoms with Crippen molar-refractivity contribution in [1.29, 1.82) is 0 Å². The minimum atomic E-state index is -0.629. The van der Waals surface area contributed by atoms with Gasteiger partial charge in [0.05, 0.1) is 5.52 Å². The van der Waals surface area contributed by atoms with Crippen LogP contribution in [0.1, 0.15) is 5.56 Å². The second kappa shape index (κ2) is 6.15. The van der Waals surface area contributed by atoms with E-state index in [1.165, 1.54) is 12.1 Å². The number of nitrogens with zero attached hydrogens (tertiary/aromatic N) is 3. The van der Waals surface area contributed by atoms with Crippen LogP contribution in [0.25, 0.3) is 33.4 Å². The van der Waals surface area contributed by atoms with Crippen LogP contribution in [0.15, 0.2) is 54.9 Å². The molecule has 0 aliphatic rings. The first-order chi connectivity index (χ1) is 12.5. The fourth-order valence-electron chi connectivity index (χ4n) is 3.07. The van der Waals surface area contributed by atoms with Gasteiger partial charge in [0.25, 0.3) is 0 Å². The number of nitrogens with two attached hydrogens (primary N) is 1. The Morgan fingerprint density at radius 2 is 1.69 bits per heavy atom. The first kappa shape index (κ1) is 16.1. The molecule has 6 heteroatoms. The molecule has 2 aromatic heterocycles. The molecular formula is C20H14F2N4. The van der Waals surface area contributed by atoms with Crippen LogP contribution in [0.4, 0.5) is 14.6 Å². The zero-order chi connectivity index (χ0) is 18.3. The number of anilines is 1. The Labute approximate surface area is 148 Å². The molecule has 0 amide bonds. The van der Waals surface area contributed by atoms with Gasteiger partial charge in [0.2, 0.25) is 0 Å². The van der Waals surface area contributed by atoms with E-state index in [4.69, 9.17) is 5.73 Å². The van der Waals surface area contributed by atoms with Crippen molar-refractivity contribution >= 4 is 16.7 Å². The van der Waals surface area contributed by atoms with E-state index in [0.717, 1.165) is 17.2 Å². The van der Waals surface area contributed by atoms with Gasteiger partial charge in [-0.1, -0.05) is 6.07 Å². The average Bonchev–Trinajstić information content (AvgIpc) is 2.61. The van der Waals surface area contributed by atoms with Crippen LogP contribution in [0, 0.1) is 18.6 Å². The lowest BCUT2D eigenvalue weighted by atomic mass is 9.97. The molecule has 0 spiro atoms. The molecule has 4 rings (SSSR count). The number of aromatic nitrogens is 3. The molecule has 2 N–H and O–H groups in total. The van der Waals surface area contributed by atoms with E-state index in [9.17, 15) is 8.78 Å². The summed E-state index contributed by atoms with van der Waals surface area (Å²) in [7, 11) is 0. The minimum Gasteiger partial charge on any atom is -0.383 e. The van der Waals surface area contributed by atoms with Crippen LogP contribution >= 0.6 is 0 Å². The van der Waals surface area contributed by atoms with E-state index in [2.05, 4.69) is 15.0 Å². The molecule has 2 aromatic carbocycles. The Morgan fingerprint density at radius 1 is 0.923 bits per heavy atom. The highest BCUT2D eigenvalue weighted by Crippen LogP contribution is 2.33. The van der Waals surface area contributed by atoms with Crippen molar-refractivity contribution in [2.75, 3.05) is 5.73 Å². The number of aryl methyl sites for hydroxylation is 1. The Balaban J connectivity index is 1.92. The molecule has 0 atom stereocenters. The normalized spacial score (nSPS) is 11.0. The Bertz CT molecular complexity index is 1110. The summed E-state index contributed by atoms with van der Waals surface area (Å²) in [5.74, 6) is -0.469. The summed E-state index contributed by atoms with van der Waals surface area (Å²) >= 11 is 0. The van der Waals surface area contributed by atoms with E-state index >= 15 is 0 Å². The lowest BCUT2D eigenvalue weighted by Gasteiger charge is -2.12. The number of nitrogen functional groups attached to an aromatic ring is 1. The molecule has 128 valence electrons. The van der Waals surface area contributed by atoms with Crippen LogP contribution in [0.2, 0.25) is 0 Å². The first-order valence-corrected chi connectivity index (χ1v) is 7.96. The van der Waals surface area contributed by atoms with E-state index in [0.29, 0.717) is 33.7 Å². The van der Waals surface area contributed by atoms with Crippen molar-refractivity contribution in [3.63, 3.8) is 0 Å². The zero-order valence-corrected chi connectivity index (χ0v) is 13.9. The molecule has 0 saturated heterocycles. The average molecular weight is 348 g/mol. The van der Waals surface area contributed by atoms with Gasteiger partial charge in [0, 0.05) is 29.4 Å². The number of rotatable bonds is 2. The van der Waals surface area contributed by atoms with Crippen molar-refractivity contribution in [1.82, 2.24) is 15.0 Å². The Kier molecular flexibility index (Phi) is 3.80. The standard InChI is InChI=1S/C20H14F2N4/c1-11-16(13-7-14(21)9-15(22)8-13)4-5-17-18(11)19(23)26-20(25-17)12-3-2-6-24-10-12/h2-10H,1H3,(H2,23,25,26). The molecular weight excluding hydrogens is 334 g/mol. The third kappa shape index (κ3) is 2.75. The summed E-state index contributed by atoms with van der Waals surface area (Å²) in [6.07, 6.45) is 3.33. The van der Waals surface area contributed by atoms with Crippen molar-refractivity contribution in [3.8, 4) is 22.5 Å². The SMILES string of the molecule is Cc1c(-c2cc(F)cc(F)c2)ccc2nc(-c3cccnc3)nc(N)c12.